The van der Waals surface area contributed by atoms with E-state index in [2.05, 4.69) is 5.32 Å². The first-order valence-electron chi connectivity index (χ1n) is 10.0. The van der Waals surface area contributed by atoms with E-state index in [-0.39, 0.29) is 24.6 Å². The second-order valence-electron chi connectivity index (χ2n) is 7.13. The molecular formula is C25H28ClN3O4. The number of nitrogens with one attached hydrogen (secondary N) is 1. The van der Waals surface area contributed by atoms with Gasteiger partial charge in [0.05, 0.1) is 0 Å². The number of nitrogens with two attached hydrogens (primary N) is 2. The van der Waals surface area contributed by atoms with Crippen molar-refractivity contribution in [2.45, 2.75) is 25.9 Å². The highest BCUT2D eigenvalue weighted by atomic mass is 35.5. The van der Waals surface area contributed by atoms with Crippen molar-refractivity contribution in [2.75, 3.05) is 5.73 Å². The number of hydrogen-bond donors (Lipinski definition) is 4. The first-order valence-corrected chi connectivity index (χ1v) is 10.0. The van der Waals surface area contributed by atoms with Gasteiger partial charge in [0.1, 0.15) is 6.04 Å². The lowest BCUT2D eigenvalue weighted by molar-refractivity contribution is -0.139. The van der Waals surface area contributed by atoms with E-state index >= 15 is 0 Å². The summed E-state index contributed by atoms with van der Waals surface area (Å²) in [6, 6.07) is 21.9. The van der Waals surface area contributed by atoms with Gasteiger partial charge in [0.25, 0.3) is 5.91 Å². The van der Waals surface area contributed by atoms with E-state index in [0.29, 0.717) is 23.4 Å². The predicted octanol–water partition coefficient (Wildman–Crippen LogP) is 3.46. The van der Waals surface area contributed by atoms with Gasteiger partial charge in [-0.2, -0.15) is 0 Å². The van der Waals surface area contributed by atoms with E-state index in [0.717, 1.165) is 11.1 Å². The maximum atomic E-state index is 12.1. The molecule has 1 amide bonds. The molecule has 0 aliphatic heterocycles. The topological polar surface area (TPSA) is 136 Å². The highest BCUT2D eigenvalue weighted by molar-refractivity contribution is 5.96. The molecule has 0 fully saturated rings. The van der Waals surface area contributed by atoms with E-state index in [9.17, 15) is 19.5 Å². The van der Waals surface area contributed by atoms with Crippen molar-refractivity contribution < 1.29 is 19.5 Å². The molecule has 3 aromatic rings. The Balaban J connectivity index is 0.000000417. The quantitative estimate of drug-likeness (QED) is 0.309. The molecule has 0 aromatic heterocycles. The van der Waals surface area contributed by atoms with Crippen LogP contribution in [0.2, 0.25) is 0 Å². The summed E-state index contributed by atoms with van der Waals surface area (Å²) in [5.74, 6) is -1.40. The number of halogens is 1. The summed E-state index contributed by atoms with van der Waals surface area (Å²) >= 11 is 0. The molecule has 6 N–H and O–H groups in total. The van der Waals surface area contributed by atoms with E-state index in [1.165, 1.54) is 6.92 Å². The molecule has 0 heterocycles. The van der Waals surface area contributed by atoms with Crippen LogP contribution in [0.15, 0.2) is 78.9 Å². The van der Waals surface area contributed by atoms with Gasteiger partial charge >= 0.3 is 5.97 Å². The van der Waals surface area contributed by atoms with Crippen molar-refractivity contribution in [3.05, 3.63) is 101 Å². The standard InChI is InChI=1S/C17H18N2O3.C8H9NO.ClH/c18-11-13-6-8-14(9-7-13)16(20)19-15(17(21)22)10-12-4-2-1-3-5-12;1-6(10)7-2-4-8(9)5-3-7;/h1-9,15H,10-11,18H2,(H,19,20)(H,21,22);2-5H,9H2,1H3;1H/t15-;;/m0../s1. The number of carbonyl (C=O) groups excluding carboxylic acids is 2. The minimum absolute atomic E-state index is 0. The van der Waals surface area contributed by atoms with Gasteiger partial charge in [-0.15, -0.1) is 12.4 Å². The number of carboxylic acids is 1. The summed E-state index contributed by atoms with van der Waals surface area (Å²) < 4.78 is 0. The van der Waals surface area contributed by atoms with Gasteiger partial charge in [-0.25, -0.2) is 4.79 Å². The highest BCUT2D eigenvalue weighted by Gasteiger charge is 2.21. The van der Waals surface area contributed by atoms with Crippen molar-refractivity contribution in [3.63, 3.8) is 0 Å². The number of rotatable bonds is 7. The van der Waals surface area contributed by atoms with Crippen molar-refractivity contribution in [1.82, 2.24) is 5.32 Å². The fourth-order valence-corrected chi connectivity index (χ4v) is 2.80. The monoisotopic (exact) mass is 469 g/mol. The van der Waals surface area contributed by atoms with Gasteiger partial charge in [-0.05, 0) is 54.4 Å². The van der Waals surface area contributed by atoms with Crippen LogP contribution in [0.4, 0.5) is 5.69 Å². The Morgan fingerprint density at radius 1 is 0.848 bits per heavy atom. The zero-order valence-electron chi connectivity index (χ0n) is 18.2. The first-order chi connectivity index (χ1) is 15.3. The number of carboxylic acid groups (broad SMARTS) is 1. The molecule has 3 rings (SSSR count). The normalized spacial score (nSPS) is 10.6. The minimum atomic E-state index is -1.06. The van der Waals surface area contributed by atoms with Crippen LogP contribution in [0.1, 0.15) is 38.8 Å². The average molecular weight is 470 g/mol. The number of carbonyl (C=O) groups is 3. The molecule has 0 spiro atoms. The first kappa shape index (κ1) is 27.4. The van der Waals surface area contributed by atoms with E-state index in [1.54, 1.807) is 48.5 Å². The maximum Gasteiger partial charge on any atom is 0.326 e. The molecule has 7 nitrogen and oxygen atoms in total. The molecule has 0 saturated heterocycles. The van der Waals surface area contributed by atoms with Crippen LogP contribution in [0, 0.1) is 0 Å². The minimum Gasteiger partial charge on any atom is -0.480 e. The summed E-state index contributed by atoms with van der Waals surface area (Å²) in [5.41, 5.74) is 14.5. The Morgan fingerprint density at radius 3 is 1.88 bits per heavy atom. The maximum absolute atomic E-state index is 12.1. The molecule has 0 aliphatic rings. The zero-order chi connectivity index (χ0) is 23.5. The summed E-state index contributed by atoms with van der Waals surface area (Å²) in [7, 11) is 0. The Bertz CT molecular complexity index is 1040. The Morgan fingerprint density at radius 2 is 1.39 bits per heavy atom. The van der Waals surface area contributed by atoms with E-state index < -0.39 is 17.9 Å². The molecule has 0 saturated carbocycles. The summed E-state index contributed by atoms with van der Waals surface area (Å²) in [5, 5.41) is 11.8. The molecule has 33 heavy (non-hydrogen) atoms. The molecule has 0 bridgehead atoms. The molecule has 3 aromatic carbocycles. The number of amides is 1. The lowest BCUT2D eigenvalue weighted by atomic mass is 10.1. The number of nitrogen functional groups attached to an aromatic ring is 1. The van der Waals surface area contributed by atoms with Crippen molar-refractivity contribution >= 4 is 35.8 Å². The number of ketones is 1. The fourth-order valence-electron chi connectivity index (χ4n) is 2.80. The predicted molar refractivity (Wildman–Crippen MR) is 131 cm³/mol. The molecule has 1 atom stereocenters. The number of benzene rings is 3. The van der Waals surface area contributed by atoms with Gasteiger partial charge in [-0.3, -0.25) is 9.59 Å². The summed E-state index contributed by atoms with van der Waals surface area (Å²) in [4.78, 5) is 34.2. The third kappa shape index (κ3) is 9.14. The van der Waals surface area contributed by atoms with Crippen LogP contribution in [-0.2, 0) is 17.8 Å². The van der Waals surface area contributed by atoms with Crippen LogP contribution in [0.25, 0.3) is 0 Å². The second-order valence-corrected chi connectivity index (χ2v) is 7.13. The van der Waals surface area contributed by atoms with Gasteiger partial charge in [-0.1, -0.05) is 42.5 Å². The molecule has 8 heteroatoms. The summed E-state index contributed by atoms with van der Waals surface area (Å²) in [6.07, 6.45) is 0.239. The lowest BCUT2D eigenvalue weighted by Crippen LogP contribution is -2.42. The van der Waals surface area contributed by atoms with Crippen molar-refractivity contribution in [1.29, 1.82) is 0 Å². The largest absolute Gasteiger partial charge is 0.480 e. The molecule has 0 unspecified atom stereocenters. The smallest absolute Gasteiger partial charge is 0.326 e. The van der Waals surface area contributed by atoms with Crippen LogP contribution >= 0.6 is 12.4 Å². The van der Waals surface area contributed by atoms with E-state index in [4.69, 9.17) is 11.5 Å². The van der Waals surface area contributed by atoms with Gasteiger partial charge in [0.2, 0.25) is 0 Å². The number of Topliss-reactive ketones (excluding diaryl/α,β-unsaturated/α-hetero) is 1. The van der Waals surface area contributed by atoms with Crippen LogP contribution < -0.4 is 16.8 Å². The van der Waals surface area contributed by atoms with Crippen LogP contribution in [0.5, 0.6) is 0 Å². The second kappa shape index (κ2) is 13.7. The number of anilines is 1. The van der Waals surface area contributed by atoms with Crippen LogP contribution in [-0.4, -0.2) is 28.8 Å². The Labute approximate surface area is 199 Å². The lowest BCUT2D eigenvalue weighted by Gasteiger charge is -2.15. The Hall–Kier alpha value is -3.68. The van der Waals surface area contributed by atoms with Gasteiger partial charge in [0.15, 0.2) is 5.78 Å². The molecule has 0 radical (unpaired) electrons. The number of hydrogen-bond acceptors (Lipinski definition) is 5. The fraction of sp³-hybridized carbons (Fsp3) is 0.160. The third-order valence-corrected chi connectivity index (χ3v) is 4.66. The average Bonchev–Trinajstić information content (AvgIpc) is 2.80. The SMILES string of the molecule is CC(=O)c1ccc(N)cc1.Cl.NCc1ccc(C(=O)N[C@@H](Cc2ccccc2)C(=O)O)cc1. The van der Waals surface area contributed by atoms with E-state index in [1.807, 2.05) is 30.3 Å². The van der Waals surface area contributed by atoms with Gasteiger partial charge in [0, 0.05) is 29.8 Å². The molecule has 0 aliphatic carbocycles. The van der Waals surface area contributed by atoms with Crippen LogP contribution in [0.3, 0.4) is 0 Å². The van der Waals surface area contributed by atoms with Crippen molar-refractivity contribution in [3.8, 4) is 0 Å². The van der Waals surface area contributed by atoms with Crippen molar-refractivity contribution in [2.24, 2.45) is 5.73 Å². The zero-order valence-corrected chi connectivity index (χ0v) is 19.0. The highest BCUT2D eigenvalue weighted by Crippen LogP contribution is 2.07. The number of aliphatic carboxylic acids is 1. The third-order valence-electron chi connectivity index (χ3n) is 4.66. The summed E-state index contributed by atoms with van der Waals surface area (Å²) in [6.45, 7) is 1.93. The molecule has 174 valence electrons. The molecular weight excluding hydrogens is 442 g/mol. The van der Waals surface area contributed by atoms with Gasteiger partial charge < -0.3 is 21.9 Å². The Kier molecular flexibility index (Phi) is 11.3.